The number of ether oxygens (including phenoxy) is 1. The van der Waals surface area contributed by atoms with Crippen LogP contribution >= 0.6 is 11.3 Å². The molecule has 0 radical (unpaired) electrons. The fourth-order valence-corrected chi connectivity index (χ4v) is 2.66. The van der Waals surface area contributed by atoms with Crippen LogP contribution in [0.5, 0.6) is 5.75 Å². The molecule has 7 heteroatoms. The molecular formula is C15H16N2O4S. The molecule has 6 nitrogen and oxygen atoms in total. The maximum absolute atomic E-state index is 11.9. The predicted octanol–water partition coefficient (Wildman–Crippen LogP) is 3.22. The van der Waals surface area contributed by atoms with Crippen LogP contribution in [0, 0.1) is 17.0 Å². The van der Waals surface area contributed by atoms with E-state index < -0.39 is 4.92 Å². The van der Waals surface area contributed by atoms with Gasteiger partial charge in [0.1, 0.15) is 0 Å². The lowest BCUT2D eigenvalue weighted by molar-refractivity contribution is -0.385. The molecule has 0 bridgehead atoms. The van der Waals surface area contributed by atoms with Crippen molar-refractivity contribution >= 4 is 22.9 Å². The minimum absolute atomic E-state index is 0.101. The number of thiophene rings is 1. The zero-order valence-corrected chi connectivity index (χ0v) is 13.1. The van der Waals surface area contributed by atoms with Gasteiger partial charge in [-0.05, 0) is 36.9 Å². The monoisotopic (exact) mass is 320 g/mol. The topological polar surface area (TPSA) is 81.5 Å². The van der Waals surface area contributed by atoms with Crippen molar-refractivity contribution in [3.8, 4) is 5.75 Å². The Morgan fingerprint density at radius 1 is 1.45 bits per heavy atom. The van der Waals surface area contributed by atoms with E-state index in [0.29, 0.717) is 0 Å². The van der Waals surface area contributed by atoms with Gasteiger partial charge in [0.25, 0.3) is 5.91 Å². The van der Waals surface area contributed by atoms with E-state index in [2.05, 4.69) is 5.32 Å². The third kappa shape index (κ3) is 4.05. The Labute approximate surface area is 131 Å². The molecule has 1 aromatic heterocycles. The molecule has 1 unspecified atom stereocenters. The quantitative estimate of drug-likeness (QED) is 0.654. The zero-order chi connectivity index (χ0) is 16.1. The van der Waals surface area contributed by atoms with E-state index in [4.69, 9.17) is 4.74 Å². The summed E-state index contributed by atoms with van der Waals surface area (Å²) in [5, 5.41) is 15.7. The fourth-order valence-electron chi connectivity index (χ4n) is 1.92. The SMILES string of the molecule is Cc1ccc([N+](=O)[O-])c(OCC(=O)NC(C)c2cccs2)c1. The summed E-state index contributed by atoms with van der Waals surface area (Å²) in [6.45, 7) is 3.41. The molecule has 1 aromatic carbocycles. The lowest BCUT2D eigenvalue weighted by atomic mass is 10.2. The largest absolute Gasteiger partial charge is 0.477 e. The van der Waals surface area contributed by atoms with Gasteiger partial charge in [0.2, 0.25) is 0 Å². The normalized spacial score (nSPS) is 11.7. The Kier molecular flexibility index (Phi) is 5.11. The number of nitrogens with one attached hydrogen (secondary N) is 1. The van der Waals surface area contributed by atoms with Gasteiger partial charge in [-0.15, -0.1) is 11.3 Å². The van der Waals surface area contributed by atoms with Crippen molar-refractivity contribution in [2.24, 2.45) is 0 Å². The van der Waals surface area contributed by atoms with E-state index in [0.717, 1.165) is 10.4 Å². The average molecular weight is 320 g/mol. The first-order chi connectivity index (χ1) is 10.5. The average Bonchev–Trinajstić information content (AvgIpc) is 2.99. The van der Waals surface area contributed by atoms with Crippen molar-refractivity contribution in [1.29, 1.82) is 0 Å². The Hall–Kier alpha value is -2.41. The number of hydrogen-bond acceptors (Lipinski definition) is 5. The molecule has 1 heterocycles. The first-order valence-electron chi connectivity index (χ1n) is 6.68. The fraction of sp³-hybridized carbons (Fsp3) is 0.267. The molecule has 0 fully saturated rings. The molecule has 2 rings (SSSR count). The number of nitro benzene ring substituents is 1. The van der Waals surface area contributed by atoms with Crippen molar-refractivity contribution in [2.75, 3.05) is 6.61 Å². The smallest absolute Gasteiger partial charge is 0.310 e. The number of hydrogen-bond donors (Lipinski definition) is 1. The highest BCUT2D eigenvalue weighted by Gasteiger charge is 2.17. The molecule has 22 heavy (non-hydrogen) atoms. The molecule has 1 N–H and O–H groups in total. The molecular weight excluding hydrogens is 304 g/mol. The van der Waals surface area contributed by atoms with Gasteiger partial charge in [0.05, 0.1) is 11.0 Å². The summed E-state index contributed by atoms with van der Waals surface area (Å²) >= 11 is 1.55. The van der Waals surface area contributed by atoms with E-state index in [1.165, 1.54) is 6.07 Å². The summed E-state index contributed by atoms with van der Waals surface area (Å²) < 4.78 is 5.31. The number of rotatable bonds is 6. The zero-order valence-electron chi connectivity index (χ0n) is 12.2. The minimum atomic E-state index is -0.527. The van der Waals surface area contributed by atoms with E-state index in [9.17, 15) is 14.9 Å². The van der Waals surface area contributed by atoms with Crippen molar-refractivity contribution in [3.63, 3.8) is 0 Å². The molecule has 1 atom stereocenters. The number of benzene rings is 1. The van der Waals surface area contributed by atoms with E-state index in [1.807, 2.05) is 24.4 Å². The van der Waals surface area contributed by atoms with Crippen LogP contribution in [0.1, 0.15) is 23.4 Å². The maximum Gasteiger partial charge on any atom is 0.310 e. The summed E-state index contributed by atoms with van der Waals surface area (Å²) in [7, 11) is 0. The highest BCUT2D eigenvalue weighted by atomic mass is 32.1. The van der Waals surface area contributed by atoms with Crippen LogP contribution in [-0.2, 0) is 4.79 Å². The summed E-state index contributed by atoms with van der Waals surface area (Å²) in [5.41, 5.74) is 0.678. The number of carbonyl (C=O) groups is 1. The summed E-state index contributed by atoms with van der Waals surface area (Å²) in [6.07, 6.45) is 0. The van der Waals surface area contributed by atoms with Crippen LogP contribution < -0.4 is 10.1 Å². The van der Waals surface area contributed by atoms with Crippen molar-refractivity contribution in [3.05, 3.63) is 56.3 Å². The summed E-state index contributed by atoms with van der Waals surface area (Å²) in [6, 6.07) is 8.27. The highest BCUT2D eigenvalue weighted by molar-refractivity contribution is 7.10. The number of nitro groups is 1. The van der Waals surface area contributed by atoms with Gasteiger partial charge in [-0.25, -0.2) is 0 Å². The van der Waals surface area contributed by atoms with Gasteiger partial charge in [-0.3, -0.25) is 14.9 Å². The Morgan fingerprint density at radius 3 is 2.86 bits per heavy atom. The lowest BCUT2D eigenvalue weighted by Gasteiger charge is -2.13. The van der Waals surface area contributed by atoms with Crippen molar-refractivity contribution in [2.45, 2.75) is 19.9 Å². The van der Waals surface area contributed by atoms with Crippen LogP contribution in [0.2, 0.25) is 0 Å². The van der Waals surface area contributed by atoms with Crippen molar-refractivity contribution in [1.82, 2.24) is 5.32 Å². The predicted molar refractivity (Wildman–Crippen MR) is 84.2 cm³/mol. The van der Waals surface area contributed by atoms with E-state index in [-0.39, 0.29) is 30.0 Å². The lowest BCUT2D eigenvalue weighted by Crippen LogP contribution is -2.31. The molecule has 0 aliphatic carbocycles. The summed E-state index contributed by atoms with van der Waals surface area (Å²) in [5.74, 6) is -0.222. The first-order valence-corrected chi connectivity index (χ1v) is 7.56. The number of nitrogens with zero attached hydrogens (tertiary/aromatic N) is 1. The van der Waals surface area contributed by atoms with Gasteiger partial charge in [0, 0.05) is 10.9 Å². The first kappa shape index (κ1) is 16.0. The third-order valence-corrected chi connectivity index (χ3v) is 4.07. The van der Waals surface area contributed by atoms with E-state index >= 15 is 0 Å². The van der Waals surface area contributed by atoms with Crippen molar-refractivity contribution < 1.29 is 14.5 Å². The molecule has 0 saturated carbocycles. The molecule has 1 amide bonds. The van der Waals surface area contributed by atoms with Gasteiger partial charge in [0.15, 0.2) is 12.4 Å². The van der Waals surface area contributed by atoms with E-state index in [1.54, 1.807) is 30.4 Å². The highest BCUT2D eigenvalue weighted by Crippen LogP contribution is 2.27. The van der Waals surface area contributed by atoms with Crippen LogP contribution in [0.3, 0.4) is 0 Å². The Bertz CT molecular complexity index is 670. The second kappa shape index (κ2) is 7.04. The molecule has 0 spiro atoms. The molecule has 2 aromatic rings. The standard InChI is InChI=1S/C15H16N2O4S/c1-10-5-6-12(17(19)20)13(8-10)21-9-15(18)16-11(2)14-4-3-7-22-14/h3-8,11H,9H2,1-2H3,(H,16,18). The second-order valence-corrected chi connectivity index (χ2v) is 5.80. The Morgan fingerprint density at radius 2 is 2.23 bits per heavy atom. The Balaban J connectivity index is 1.96. The number of carbonyl (C=O) groups excluding carboxylic acids is 1. The van der Waals surface area contributed by atoms with Crippen LogP contribution in [0.15, 0.2) is 35.7 Å². The van der Waals surface area contributed by atoms with Gasteiger partial charge >= 0.3 is 5.69 Å². The van der Waals surface area contributed by atoms with Gasteiger partial charge in [-0.2, -0.15) is 0 Å². The molecule has 116 valence electrons. The minimum Gasteiger partial charge on any atom is -0.477 e. The van der Waals surface area contributed by atoms with Gasteiger partial charge in [-0.1, -0.05) is 12.1 Å². The summed E-state index contributed by atoms with van der Waals surface area (Å²) in [4.78, 5) is 23.3. The maximum atomic E-state index is 11.9. The molecule has 0 aliphatic heterocycles. The number of amides is 1. The molecule has 0 saturated heterocycles. The van der Waals surface area contributed by atoms with Crippen LogP contribution in [-0.4, -0.2) is 17.4 Å². The van der Waals surface area contributed by atoms with Crippen LogP contribution in [0.4, 0.5) is 5.69 Å². The second-order valence-electron chi connectivity index (χ2n) is 4.82. The third-order valence-electron chi connectivity index (χ3n) is 3.02. The number of aryl methyl sites for hydroxylation is 1. The van der Waals surface area contributed by atoms with Crippen LogP contribution in [0.25, 0.3) is 0 Å². The van der Waals surface area contributed by atoms with Gasteiger partial charge < -0.3 is 10.1 Å². The molecule has 0 aliphatic rings.